The van der Waals surface area contributed by atoms with Gasteiger partial charge in [-0.15, -0.1) is 6.58 Å². The topological polar surface area (TPSA) is 66.4 Å². The van der Waals surface area contributed by atoms with Gasteiger partial charge in [0, 0.05) is 6.42 Å². The average Bonchev–Trinajstić information content (AvgIpc) is 2.21. The molecule has 0 heterocycles. The highest BCUT2D eigenvalue weighted by atomic mass is 16.4. The Kier molecular flexibility index (Phi) is 6.42. The SMILES string of the molecule is C=CCCC(=O)N[C@H](C(=O)O)[C@H](C)CC. The molecule has 0 aliphatic rings. The second kappa shape index (κ2) is 7.04. The molecular weight excluding hydrogens is 194 g/mol. The lowest BCUT2D eigenvalue weighted by atomic mass is 9.99. The number of carboxylic acids is 1. The average molecular weight is 213 g/mol. The van der Waals surface area contributed by atoms with E-state index >= 15 is 0 Å². The fraction of sp³-hybridized carbons (Fsp3) is 0.636. The Hall–Kier alpha value is -1.32. The number of allylic oxidation sites excluding steroid dienone is 1. The Morgan fingerprint density at radius 2 is 2.13 bits per heavy atom. The van der Waals surface area contributed by atoms with Gasteiger partial charge in [0.2, 0.25) is 5.91 Å². The molecule has 0 rings (SSSR count). The maximum atomic E-state index is 11.3. The molecule has 1 amide bonds. The Labute approximate surface area is 90.4 Å². The molecule has 0 radical (unpaired) electrons. The molecule has 0 aliphatic heterocycles. The summed E-state index contributed by atoms with van der Waals surface area (Å²) in [4.78, 5) is 22.2. The van der Waals surface area contributed by atoms with Crippen molar-refractivity contribution in [3.63, 3.8) is 0 Å². The van der Waals surface area contributed by atoms with E-state index in [1.807, 2.05) is 13.8 Å². The highest BCUT2D eigenvalue weighted by molar-refractivity contribution is 5.83. The predicted molar refractivity (Wildman–Crippen MR) is 58.5 cm³/mol. The van der Waals surface area contributed by atoms with Crippen molar-refractivity contribution in [1.29, 1.82) is 0 Å². The number of nitrogens with one attached hydrogen (secondary N) is 1. The lowest BCUT2D eigenvalue weighted by Gasteiger charge is -2.19. The highest BCUT2D eigenvalue weighted by Gasteiger charge is 2.24. The molecule has 0 aliphatic carbocycles. The van der Waals surface area contributed by atoms with Gasteiger partial charge in [-0.05, 0) is 12.3 Å². The van der Waals surface area contributed by atoms with E-state index in [1.165, 1.54) is 0 Å². The second-order valence-electron chi connectivity index (χ2n) is 3.60. The lowest BCUT2D eigenvalue weighted by Crippen LogP contribution is -2.44. The summed E-state index contributed by atoms with van der Waals surface area (Å²) in [5, 5.41) is 11.4. The zero-order valence-corrected chi connectivity index (χ0v) is 9.32. The Morgan fingerprint density at radius 3 is 2.53 bits per heavy atom. The maximum Gasteiger partial charge on any atom is 0.326 e. The molecule has 2 N–H and O–H groups in total. The van der Waals surface area contributed by atoms with Crippen molar-refractivity contribution in [3.05, 3.63) is 12.7 Å². The minimum absolute atomic E-state index is 0.0600. The van der Waals surface area contributed by atoms with Crippen LogP contribution in [0.15, 0.2) is 12.7 Å². The zero-order valence-electron chi connectivity index (χ0n) is 9.32. The van der Waals surface area contributed by atoms with Crippen LogP contribution < -0.4 is 5.32 Å². The number of hydrogen-bond donors (Lipinski definition) is 2. The molecule has 2 atom stereocenters. The minimum atomic E-state index is -0.976. The number of carbonyl (C=O) groups is 2. The van der Waals surface area contributed by atoms with Gasteiger partial charge in [0.05, 0.1) is 0 Å². The van der Waals surface area contributed by atoms with E-state index in [-0.39, 0.29) is 11.8 Å². The van der Waals surface area contributed by atoms with Gasteiger partial charge >= 0.3 is 5.97 Å². The van der Waals surface area contributed by atoms with Gasteiger partial charge in [-0.2, -0.15) is 0 Å². The highest BCUT2D eigenvalue weighted by Crippen LogP contribution is 2.08. The zero-order chi connectivity index (χ0) is 11.8. The maximum absolute atomic E-state index is 11.3. The van der Waals surface area contributed by atoms with Crippen LogP contribution in [0.5, 0.6) is 0 Å². The van der Waals surface area contributed by atoms with Gasteiger partial charge in [0.1, 0.15) is 6.04 Å². The third kappa shape index (κ3) is 5.20. The van der Waals surface area contributed by atoms with E-state index in [2.05, 4.69) is 11.9 Å². The Bertz CT molecular complexity index is 238. The Balaban J connectivity index is 4.22. The van der Waals surface area contributed by atoms with E-state index in [0.29, 0.717) is 12.8 Å². The molecule has 4 nitrogen and oxygen atoms in total. The summed E-state index contributed by atoms with van der Waals surface area (Å²) in [6.07, 6.45) is 3.22. The van der Waals surface area contributed by atoms with Crippen molar-refractivity contribution in [3.8, 4) is 0 Å². The predicted octanol–water partition coefficient (Wildman–Crippen LogP) is 1.57. The summed E-state index contributed by atoms with van der Waals surface area (Å²) < 4.78 is 0. The summed E-state index contributed by atoms with van der Waals surface area (Å²) in [6, 6.07) is -0.785. The normalized spacial score (nSPS) is 14.0. The number of rotatable bonds is 7. The smallest absolute Gasteiger partial charge is 0.326 e. The third-order valence-electron chi connectivity index (χ3n) is 2.37. The first kappa shape index (κ1) is 13.7. The first-order valence-electron chi connectivity index (χ1n) is 5.16. The van der Waals surface area contributed by atoms with Crippen LogP contribution in [-0.2, 0) is 9.59 Å². The number of carbonyl (C=O) groups excluding carboxylic acids is 1. The van der Waals surface area contributed by atoms with Crippen molar-refractivity contribution < 1.29 is 14.7 Å². The number of amides is 1. The van der Waals surface area contributed by atoms with Crippen LogP contribution >= 0.6 is 0 Å². The van der Waals surface area contributed by atoms with Crippen LogP contribution in [0.3, 0.4) is 0 Å². The number of carboxylic acid groups (broad SMARTS) is 1. The van der Waals surface area contributed by atoms with Crippen molar-refractivity contribution in [2.24, 2.45) is 5.92 Å². The molecule has 4 heteroatoms. The number of hydrogen-bond acceptors (Lipinski definition) is 2. The van der Waals surface area contributed by atoms with E-state index < -0.39 is 12.0 Å². The lowest BCUT2D eigenvalue weighted by molar-refractivity contribution is -0.143. The minimum Gasteiger partial charge on any atom is -0.480 e. The van der Waals surface area contributed by atoms with Gasteiger partial charge in [-0.3, -0.25) is 4.79 Å². The molecular formula is C11H19NO3. The molecule has 0 aromatic carbocycles. The van der Waals surface area contributed by atoms with Crippen molar-refractivity contribution in [2.45, 2.75) is 39.2 Å². The molecule has 86 valence electrons. The van der Waals surface area contributed by atoms with Crippen molar-refractivity contribution in [2.75, 3.05) is 0 Å². The molecule has 0 saturated carbocycles. The molecule has 0 fully saturated rings. The summed E-state index contributed by atoms with van der Waals surface area (Å²) in [6.45, 7) is 7.21. The molecule has 0 unspecified atom stereocenters. The van der Waals surface area contributed by atoms with Crippen molar-refractivity contribution >= 4 is 11.9 Å². The van der Waals surface area contributed by atoms with Crippen LogP contribution in [0.4, 0.5) is 0 Å². The Morgan fingerprint density at radius 1 is 1.53 bits per heavy atom. The van der Waals surface area contributed by atoms with E-state index in [1.54, 1.807) is 6.08 Å². The number of aliphatic carboxylic acids is 1. The van der Waals surface area contributed by atoms with Gasteiger partial charge in [0.15, 0.2) is 0 Å². The van der Waals surface area contributed by atoms with Crippen LogP contribution in [-0.4, -0.2) is 23.0 Å². The summed E-state index contributed by atoms with van der Waals surface area (Å²) in [5.74, 6) is -1.27. The summed E-state index contributed by atoms with van der Waals surface area (Å²) >= 11 is 0. The van der Waals surface area contributed by atoms with Crippen LogP contribution in [0, 0.1) is 5.92 Å². The largest absolute Gasteiger partial charge is 0.480 e. The summed E-state index contributed by atoms with van der Waals surface area (Å²) in [7, 11) is 0. The van der Waals surface area contributed by atoms with Crippen LogP contribution in [0.2, 0.25) is 0 Å². The molecule has 15 heavy (non-hydrogen) atoms. The third-order valence-corrected chi connectivity index (χ3v) is 2.37. The molecule has 0 aromatic rings. The summed E-state index contributed by atoms with van der Waals surface area (Å²) in [5.41, 5.74) is 0. The molecule has 0 saturated heterocycles. The molecule has 0 spiro atoms. The second-order valence-corrected chi connectivity index (χ2v) is 3.60. The van der Waals surface area contributed by atoms with Crippen LogP contribution in [0.1, 0.15) is 33.1 Å². The van der Waals surface area contributed by atoms with Gasteiger partial charge in [-0.1, -0.05) is 26.3 Å². The molecule has 0 bridgehead atoms. The first-order valence-corrected chi connectivity index (χ1v) is 5.16. The van der Waals surface area contributed by atoms with Crippen molar-refractivity contribution in [1.82, 2.24) is 5.32 Å². The van der Waals surface area contributed by atoms with Gasteiger partial charge in [0.25, 0.3) is 0 Å². The van der Waals surface area contributed by atoms with Crippen LogP contribution in [0.25, 0.3) is 0 Å². The van der Waals surface area contributed by atoms with E-state index in [0.717, 1.165) is 6.42 Å². The van der Waals surface area contributed by atoms with E-state index in [9.17, 15) is 9.59 Å². The quantitative estimate of drug-likeness (QED) is 0.631. The fourth-order valence-electron chi connectivity index (χ4n) is 1.16. The first-order chi connectivity index (χ1) is 7.02. The standard InChI is InChI=1S/C11H19NO3/c1-4-6-7-9(13)12-10(11(14)15)8(3)5-2/h4,8,10H,1,5-7H2,2-3H3,(H,12,13)(H,14,15)/t8-,10+/m1/s1. The fourth-order valence-corrected chi connectivity index (χ4v) is 1.16. The van der Waals surface area contributed by atoms with E-state index in [4.69, 9.17) is 5.11 Å². The van der Waals surface area contributed by atoms with Gasteiger partial charge < -0.3 is 10.4 Å². The molecule has 0 aromatic heterocycles. The monoisotopic (exact) mass is 213 g/mol. The van der Waals surface area contributed by atoms with Gasteiger partial charge in [-0.25, -0.2) is 4.79 Å².